The molecule has 4 aromatic heterocycles. The number of hydrogen-bond acceptors (Lipinski definition) is 8. The first-order valence-electron chi connectivity index (χ1n) is 14.3. The molecule has 2 aliphatic rings. The zero-order valence-corrected chi connectivity index (χ0v) is 24.1. The van der Waals surface area contributed by atoms with E-state index in [1.807, 2.05) is 67.1 Å². The Hall–Kier alpha value is -4.34. The third kappa shape index (κ3) is 5.77. The Bertz CT molecular complexity index is 1500. The van der Waals surface area contributed by atoms with Gasteiger partial charge in [0.1, 0.15) is 22.9 Å². The minimum atomic E-state index is -0.493. The predicted octanol–water partition coefficient (Wildman–Crippen LogP) is 5.00. The molecule has 6 heterocycles. The van der Waals surface area contributed by atoms with Crippen molar-refractivity contribution in [2.24, 2.45) is 0 Å². The van der Waals surface area contributed by atoms with Gasteiger partial charge in [0.25, 0.3) is 0 Å². The van der Waals surface area contributed by atoms with Crippen LogP contribution in [-0.4, -0.2) is 71.5 Å². The molecule has 0 aromatic carbocycles. The van der Waals surface area contributed by atoms with Crippen LogP contribution in [0.25, 0.3) is 22.5 Å². The lowest BCUT2D eigenvalue weighted by Crippen LogP contribution is -2.57. The van der Waals surface area contributed by atoms with Gasteiger partial charge in [-0.2, -0.15) is 5.10 Å². The van der Waals surface area contributed by atoms with Crippen LogP contribution >= 0.6 is 0 Å². The second kappa shape index (κ2) is 10.9. The zero-order chi connectivity index (χ0) is 28.6. The largest absolute Gasteiger partial charge is 0.444 e. The molecule has 2 fully saturated rings. The molecule has 0 aliphatic carbocycles. The highest BCUT2D eigenvalue weighted by atomic mass is 16.6. The van der Waals surface area contributed by atoms with Crippen LogP contribution in [0.4, 0.5) is 10.6 Å². The van der Waals surface area contributed by atoms with E-state index in [1.54, 1.807) is 12.4 Å². The molecule has 2 bridgehead atoms. The van der Waals surface area contributed by atoms with Crippen molar-refractivity contribution in [1.29, 1.82) is 0 Å². The first-order chi connectivity index (χ1) is 19.8. The van der Waals surface area contributed by atoms with Gasteiger partial charge >= 0.3 is 6.09 Å². The van der Waals surface area contributed by atoms with E-state index in [2.05, 4.69) is 33.9 Å². The number of carbonyl (C=O) groups excluding carboxylic acids is 1. The molecule has 2 unspecified atom stereocenters. The Kier molecular flexibility index (Phi) is 7.15. The van der Waals surface area contributed by atoms with Crippen molar-refractivity contribution in [2.45, 2.75) is 71.2 Å². The molecular weight excluding hydrogens is 516 g/mol. The van der Waals surface area contributed by atoms with Gasteiger partial charge in [0, 0.05) is 68.2 Å². The lowest BCUT2D eigenvalue weighted by atomic mass is 10.1. The monoisotopic (exact) mass is 552 g/mol. The van der Waals surface area contributed by atoms with Gasteiger partial charge < -0.3 is 9.64 Å². The molecule has 212 valence electrons. The molecule has 2 aliphatic heterocycles. The number of hydrogen-bond donors (Lipinski definition) is 0. The summed E-state index contributed by atoms with van der Waals surface area (Å²) < 4.78 is 7.60. The van der Waals surface area contributed by atoms with Crippen LogP contribution in [-0.2, 0) is 17.7 Å². The maximum atomic E-state index is 12.8. The van der Waals surface area contributed by atoms with Gasteiger partial charge in [-0.1, -0.05) is 6.07 Å². The SMILES string of the molecule is CCn1cc(-c2ccnc(Cc3ccc(N4CC5CCC(C4)N5C(=O)OC(C)(C)C)nc3)n2)c(-c2cccnc2)n1. The molecule has 0 saturated carbocycles. The van der Waals surface area contributed by atoms with Crippen LogP contribution in [0, 0.1) is 0 Å². The molecule has 6 rings (SSSR count). The van der Waals surface area contributed by atoms with Crippen molar-refractivity contribution in [2.75, 3.05) is 18.0 Å². The number of amides is 1. The van der Waals surface area contributed by atoms with Gasteiger partial charge in [0.2, 0.25) is 0 Å². The van der Waals surface area contributed by atoms with Gasteiger partial charge in [-0.05, 0) is 70.4 Å². The van der Waals surface area contributed by atoms with Crippen LogP contribution in [0.2, 0.25) is 0 Å². The lowest BCUT2D eigenvalue weighted by Gasteiger charge is -2.41. The number of aromatic nitrogens is 6. The Morgan fingerprint density at radius 1 is 1.02 bits per heavy atom. The van der Waals surface area contributed by atoms with Gasteiger partial charge in [0.05, 0.1) is 17.8 Å². The van der Waals surface area contributed by atoms with E-state index in [9.17, 15) is 4.79 Å². The summed E-state index contributed by atoms with van der Waals surface area (Å²) in [5, 5.41) is 4.76. The van der Waals surface area contributed by atoms with Crippen molar-refractivity contribution in [3.8, 4) is 22.5 Å². The topological polar surface area (TPSA) is 102 Å². The maximum absolute atomic E-state index is 12.8. The second-order valence-electron chi connectivity index (χ2n) is 11.7. The maximum Gasteiger partial charge on any atom is 0.410 e. The zero-order valence-electron chi connectivity index (χ0n) is 24.1. The quantitative estimate of drug-likeness (QED) is 0.330. The van der Waals surface area contributed by atoms with E-state index in [0.717, 1.165) is 72.2 Å². The highest BCUT2D eigenvalue weighted by Gasteiger charge is 2.44. The fourth-order valence-electron chi connectivity index (χ4n) is 5.71. The molecule has 2 atom stereocenters. The number of aryl methyl sites for hydroxylation is 1. The van der Waals surface area contributed by atoms with Crippen molar-refractivity contribution >= 4 is 11.9 Å². The Morgan fingerprint density at radius 3 is 2.49 bits per heavy atom. The number of rotatable bonds is 6. The molecular formula is C31H36N8O2. The van der Waals surface area contributed by atoms with E-state index >= 15 is 0 Å². The van der Waals surface area contributed by atoms with E-state index in [1.165, 1.54) is 0 Å². The average molecular weight is 553 g/mol. The Balaban J connectivity index is 1.15. The summed E-state index contributed by atoms with van der Waals surface area (Å²) in [6.45, 7) is 10.1. The molecule has 2 saturated heterocycles. The normalized spacial score (nSPS) is 18.5. The van der Waals surface area contributed by atoms with Crippen LogP contribution in [0.3, 0.4) is 0 Å². The van der Waals surface area contributed by atoms with Crippen molar-refractivity contribution in [3.63, 3.8) is 0 Å². The average Bonchev–Trinajstić information content (AvgIpc) is 3.52. The summed E-state index contributed by atoms with van der Waals surface area (Å²) >= 11 is 0. The minimum absolute atomic E-state index is 0.148. The number of piperazine rings is 1. The first-order valence-corrected chi connectivity index (χ1v) is 14.3. The van der Waals surface area contributed by atoms with Gasteiger partial charge in [-0.25, -0.2) is 19.7 Å². The fourth-order valence-corrected chi connectivity index (χ4v) is 5.71. The summed E-state index contributed by atoms with van der Waals surface area (Å²) in [6.07, 6.45) is 11.7. The standard InChI is InChI=1S/C31H36N8O2/c1-5-38-20-25(29(36-38)22-7-6-13-32-17-22)26-12-14-33-27(35-26)15-21-8-11-28(34-16-21)37-18-23-9-10-24(19-37)39(23)30(40)41-31(2,3)4/h6-8,11-14,16-17,20,23-24H,5,9-10,15,18-19H2,1-4H3. The van der Waals surface area contributed by atoms with Gasteiger partial charge in [-0.3, -0.25) is 14.6 Å². The summed E-state index contributed by atoms with van der Waals surface area (Å²) in [5.74, 6) is 1.65. The fraction of sp³-hybridized carbons (Fsp3) is 0.419. The molecule has 1 amide bonds. The number of anilines is 1. The number of carbonyl (C=O) groups is 1. The van der Waals surface area contributed by atoms with Crippen LogP contribution in [0.1, 0.15) is 51.9 Å². The van der Waals surface area contributed by atoms with Crippen LogP contribution in [0.5, 0.6) is 0 Å². The smallest absolute Gasteiger partial charge is 0.410 e. The molecule has 0 radical (unpaired) electrons. The summed E-state index contributed by atoms with van der Waals surface area (Å²) in [4.78, 5) is 35.5. The summed E-state index contributed by atoms with van der Waals surface area (Å²) in [7, 11) is 0. The Labute approximate surface area is 240 Å². The van der Waals surface area contributed by atoms with Gasteiger partial charge in [-0.15, -0.1) is 0 Å². The minimum Gasteiger partial charge on any atom is -0.444 e. The van der Waals surface area contributed by atoms with E-state index in [-0.39, 0.29) is 18.2 Å². The lowest BCUT2D eigenvalue weighted by molar-refractivity contribution is 0.0122. The third-order valence-corrected chi connectivity index (χ3v) is 7.58. The number of nitrogens with zero attached hydrogens (tertiary/aromatic N) is 8. The highest BCUT2D eigenvalue weighted by Crippen LogP contribution is 2.34. The molecule has 4 aromatic rings. The molecule has 41 heavy (non-hydrogen) atoms. The first kappa shape index (κ1) is 26.9. The van der Waals surface area contributed by atoms with Crippen LogP contribution in [0.15, 0.2) is 61.3 Å². The second-order valence-corrected chi connectivity index (χ2v) is 11.7. The van der Waals surface area contributed by atoms with Crippen molar-refractivity contribution < 1.29 is 9.53 Å². The number of pyridine rings is 2. The molecule has 10 nitrogen and oxygen atoms in total. The predicted molar refractivity (Wildman–Crippen MR) is 156 cm³/mol. The number of fused-ring (bicyclic) bond motifs is 2. The van der Waals surface area contributed by atoms with E-state index in [4.69, 9.17) is 19.8 Å². The van der Waals surface area contributed by atoms with Gasteiger partial charge in [0.15, 0.2) is 0 Å². The third-order valence-electron chi connectivity index (χ3n) is 7.58. The molecule has 0 N–H and O–H groups in total. The van der Waals surface area contributed by atoms with Crippen LogP contribution < -0.4 is 4.90 Å². The summed E-state index contributed by atoms with van der Waals surface area (Å²) in [6, 6.07) is 10.3. The summed E-state index contributed by atoms with van der Waals surface area (Å²) in [5.41, 5.74) is 4.14. The van der Waals surface area contributed by atoms with E-state index < -0.39 is 5.60 Å². The highest BCUT2D eigenvalue weighted by molar-refractivity contribution is 5.78. The molecule has 10 heteroatoms. The van der Waals surface area contributed by atoms with Crippen molar-refractivity contribution in [3.05, 3.63) is 72.7 Å². The number of ether oxygens (including phenoxy) is 1. The van der Waals surface area contributed by atoms with E-state index in [0.29, 0.717) is 6.42 Å². The van der Waals surface area contributed by atoms with Crippen molar-refractivity contribution in [1.82, 2.24) is 34.6 Å². The molecule has 0 spiro atoms. The Morgan fingerprint density at radius 2 is 1.83 bits per heavy atom.